The highest BCUT2D eigenvalue weighted by atomic mass is 32.2. The minimum absolute atomic E-state index is 0.0161. The lowest BCUT2D eigenvalue weighted by Crippen LogP contribution is -2.35. The second-order valence-electron chi connectivity index (χ2n) is 3.83. The number of benzene rings is 1. The van der Waals surface area contributed by atoms with E-state index in [0.717, 1.165) is 12.1 Å². The lowest BCUT2D eigenvalue weighted by Gasteiger charge is -2.14. The fraction of sp³-hybridized carbons (Fsp3) is 0.455. The third-order valence-electron chi connectivity index (χ3n) is 2.33. The summed E-state index contributed by atoms with van der Waals surface area (Å²) in [5.74, 6) is -1.38. The number of nitrogens with one attached hydrogen (secondary N) is 1. The van der Waals surface area contributed by atoms with Gasteiger partial charge in [-0.25, -0.2) is 21.9 Å². The summed E-state index contributed by atoms with van der Waals surface area (Å²) in [6, 6.07) is 3.03. The average molecular weight is 263 g/mol. The van der Waals surface area contributed by atoms with Crippen LogP contribution in [0.2, 0.25) is 0 Å². The van der Waals surface area contributed by atoms with E-state index >= 15 is 0 Å². The molecule has 0 fully saturated rings. The topological polar surface area (TPSA) is 46.2 Å². The van der Waals surface area contributed by atoms with E-state index in [-0.39, 0.29) is 17.7 Å². The SMILES string of the molecule is CCS(=O)(=O)NC(C)Cc1c(F)cccc1F. The van der Waals surface area contributed by atoms with Gasteiger partial charge in [-0.3, -0.25) is 0 Å². The Labute approximate surface area is 99.9 Å². The predicted molar refractivity (Wildman–Crippen MR) is 62.1 cm³/mol. The first-order valence-electron chi connectivity index (χ1n) is 5.28. The zero-order chi connectivity index (χ0) is 13.1. The minimum atomic E-state index is -3.36. The summed E-state index contributed by atoms with van der Waals surface area (Å²) in [6.07, 6.45) is -0.0161. The predicted octanol–water partition coefficient (Wildman–Crippen LogP) is 1.84. The zero-order valence-electron chi connectivity index (χ0n) is 9.70. The van der Waals surface area contributed by atoms with Crippen molar-refractivity contribution in [2.24, 2.45) is 0 Å². The van der Waals surface area contributed by atoms with Gasteiger partial charge in [0, 0.05) is 11.6 Å². The fourth-order valence-electron chi connectivity index (χ4n) is 1.47. The second kappa shape index (κ2) is 5.55. The molecular weight excluding hydrogens is 248 g/mol. The summed E-state index contributed by atoms with van der Waals surface area (Å²) >= 11 is 0. The van der Waals surface area contributed by atoms with Crippen LogP contribution in [0.5, 0.6) is 0 Å². The van der Waals surface area contributed by atoms with Gasteiger partial charge in [0.05, 0.1) is 5.75 Å². The van der Waals surface area contributed by atoms with Crippen molar-refractivity contribution < 1.29 is 17.2 Å². The molecule has 0 heterocycles. The first-order chi connectivity index (χ1) is 7.85. The molecule has 1 unspecified atom stereocenters. The molecule has 0 amide bonds. The molecule has 0 aliphatic carbocycles. The van der Waals surface area contributed by atoms with E-state index in [0.29, 0.717) is 0 Å². The van der Waals surface area contributed by atoms with Crippen LogP contribution in [0.25, 0.3) is 0 Å². The van der Waals surface area contributed by atoms with E-state index in [9.17, 15) is 17.2 Å². The molecule has 0 saturated heterocycles. The fourth-order valence-corrected chi connectivity index (χ4v) is 2.33. The van der Waals surface area contributed by atoms with Crippen molar-refractivity contribution in [3.05, 3.63) is 35.4 Å². The van der Waals surface area contributed by atoms with E-state index in [4.69, 9.17) is 0 Å². The standard InChI is InChI=1S/C11H15F2NO2S/c1-3-17(15,16)14-8(2)7-9-10(12)5-4-6-11(9)13/h4-6,8,14H,3,7H2,1-2H3. The van der Waals surface area contributed by atoms with E-state index in [1.165, 1.54) is 13.0 Å². The Kier molecular flexibility index (Phi) is 4.59. The van der Waals surface area contributed by atoms with Crippen LogP contribution in [0.3, 0.4) is 0 Å². The van der Waals surface area contributed by atoms with Crippen LogP contribution in [0.1, 0.15) is 19.4 Å². The highest BCUT2D eigenvalue weighted by Crippen LogP contribution is 2.14. The Balaban J connectivity index is 2.79. The van der Waals surface area contributed by atoms with Gasteiger partial charge in [-0.15, -0.1) is 0 Å². The van der Waals surface area contributed by atoms with Crippen LogP contribution >= 0.6 is 0 Å². The second-order valence-corrected chi connectivity index (χ2v) is 5.87. The molecule has 0 radical (unpaired) electrons. The van der Waals surface area contributed by atoms with Gasteiger partial charge >= 0.3 is 0 Å². The summed E-state index contributed by atoms with van der Waals surface area (Å²) in [6.45, 7) is 3.07. The molecule has 0 aliphatic rings. The van der Waals surface area contributed by atoms with Crippen molar-refractivity contribution in [2.45, 2.75) is 26.3 Å². The third kappa shape index (κ3) is 4.05. The number of hydrogen-bond donors (Lipinski definition) is 1. The molecule has 3 nitrogen and oxygen atoms in total. The first-order valence-corrected chi connectivity index (χ1v) is 6.94. The average Bonchev–Trinajstić information content (AvgIpc) is 2.23. The van der Waals surface area contributed by atoms with Crippen molar-refractivity contribution in [3.63, 3.8) is 0 Å². The normalized spacial score (nSPS) is 13.6. The molecule has 1 rings (SSSR count). The molecule has 0 aliphatic heterocycles. The lowest BCUT2D eigenvalue weighted by atomic mass is 10.1. The molecule has 0 saturated carbocycles. The van der Waals surface area contributed by atoms with Crippen molar-refractivity contribution in [2.75, 3.05) is 5.75 Å². The maximum Gasteiger partial charge on any atom is 0.211 e. The van der Waals surface area contributed by atoms with Gasteiger partial charge in [-0.1, -0.05) is 6.07 Å². The molecule has 96 valence electrons. The molecule has 1 N–H and O–H groups in total. The van der Waals surface area contributed by atoms with E-state index in [2.05, 4.69) is 4.72 Å². The Morgan fingerprint density at radius 3 is 2.29 bits per heavy atom. The van der Waals surface area contributed by atoms with E-state index in [1.807, 2.05) is 0 Å². The largest absolute Gasteiger partial charge is 0.212 e. The third-order valence-corrected chi connectivity index (χ3v) is 3.85. The quantitative estimate of drug-likeness (QED) is 0.881. The van der Waals surface area contributed by atoms with Crippen LogP contribution < -0.4 is 4.72 Å². The van der Waals surface area contributed by atoms with Gasteiger partial charge in [0.15, 0.2) is 0 Å². The maximum absolute atomic E-state index is 13.3. The van der Waals surface area contributed by atoms with Gasteiger partial charge < -0.3 is 0 Å². The summed E-state index contributed by atoms with van der Waals surface area (Å²) in [4.78, 5) is 0. The minimum Gasteiger partial charge on any atom is -0.212 e. The van der Waals surface area contributed by atoms with Crippen LogP contribution in [-0.2, 0) is 16.4 Å². The van der Waals surface area contributed by atoms with Crippen molar-refractivity contribution >= 4 is 10.0 Å². The molecule has 0 spiro atoms. The zero-order valence-corrected chi connectivity index (χ0v) is 10.5. The molecule has 17 heavy (non-hydrogen) atoms. The van der Waals surface area contributed by atoms with Gasteiger partial charge in [-0.05, 0) is 32.4 Å². The molecule has 1 aromatic carbocycles. The lowest BCUT2D eigenvalue weighted by molar-refractivity contribution is 0.523. The summed E-state index contributed by atoms with van der Waals surface area (Å²) < 4.78 is 51.5. The number of halogens is 2. The first kappa shape index (κ1) is 14.1. The Hall–Kier alpha value is -1.01. The highest BCUT2D eigenvalue weighted by Gasteiger charge is 2.16. The van der Waals surface area contributed by atoms with Crippen LogP contribution in [-0.4, -0.2) is 20.2 Å². The number of hydrogen-bond acceptors (Lipinski definition) is 2. The smallest absolute Gasteiger partial charge is 0.211 e. The molecule has 6 heteroatoms. The van der Waals surface area contributed by atoms with Gasteiger partial charge in [-0.2, -0.15) is 0 Å². The Morgan fingerprint density at radius 1 is 1.29 bits per heavy atom. The molecular formula is C11H15F2NO2S. The van der Waals surface area contributed by atoms with E-state index in [1.54, 1.807) is 6.92 Å². The monoisotopic (exact) mass is 263 g/mol. The number of sulfonamides is 1. The number of rotatable bonds is 5. The van der Waals surface area contributed by atoms with Crippen LogP contribution in [0.15, 0.2) is 18.2 Å². The Morgan fingerprint density at radius 2 is 1.82 bits per heavy atom. The summed E-state index contributed by atoms with van der Waals surface area (Å²) in [7, 11) is -3.36. The molecule has 0 bridgehead atoms. The molecule has 1 atom stereocenters. The molecule has 0 aromatic heterocycles. The maximum atomic E-state index is 13.3. The van der Waals surface area contributed by atoms with E-state index < -0.39 is 27.7 Å². The van der Waals surface area contributed by atoms with Crippen molar-refractivity contribution in [1.29, 1.82) is 0 Å². The van der Waals surface area contributed by atoms with Crippen molar-refractivity contribution in [1.82, 2.24) is 4.72 Å². The highest BCUT2D eigenvalue weighted by molar-refractivity contribution is 7.89. The van der Waals surface area contributed by atoms with Gasteiger partial charge in [0.25, 0.3) is 0 Å². The van der Waals surface area contributed by atoms with Crippen LogP contribution in [0.4, 0.5) is 8.78 Å². The van der Waals surface area contributed by atoms with Gasteiger partial charge in [0.2, 0.25) is 10.0 Å². The van der Waals surface area contributed by atoms with Crippen molar-refractivity contribution in [3.8, 4) is 0 Å². The Bertz CT molecular complexity index is 468. The molecule has 1 aromatic rings. The van der Waals surface area contributed by atoms with Crippen LogP contribution in [0, 0.1) is 11.6 Å². The van der Waals surface area contributed by atoms with Gasteiger partial charge in [0.1, 0.15) is 11.6 Å². The summed E-state index contributed by atoms with van der Waals surface area (Å²) in [5.41, 5.74) is -0.0983. The summed E-state index contributed by atoms with van der Waals surface area (Å²) in [5, 5.41) is 0.